The number of piperidine rings is 1. The molecule has 0 amide bonds. The first-order valence-electron chi connectivity index (χ1n) is 12.8. The number of nitrogens with one attached hydrogen (secondary N) is 1. The highest BCUT2D eigenvalue weighted by Gasteiger charge is 2.48. The maximum absolute atomic E-state index is 12.0. The highest BCUT2D eigenvalue weighted by Crippen LogP contribution is 2.49. The lowest BCUT2D eigenvalue weighted by molar-refractivity contribution is 0.122. The van der Waals surface area contributed by atoms with Gasteiger partial charge in [-0.2, -0.15) is 4.31 Å². The number of aryl methyl sites for hydroxylation is 1. The topological polar surface area (TPSA) is 101 Å². The summed E-state index contributed by atoms with van der Waals surface area (Å²) in [4.78, 5) is 16.0. The van der Waals surface area contributed by atoms with Crippen LogP contribution >= 0.6 is 0 Å². The Balaban J connectivity index is 1.14. The van der Waals surface area contributed by atoms with Crippen LogP contribution in [0.25, 0.3) is 11.3 Å². The number of anilines is 3. The molecule has 2 saturated heterocycles. The van der Waals surface area contributed by atoms with Crippen molar-refractivity contribution in [1.82, 2.24) is 19.3 Å². The van der Waals surface area contributed by atoms with Crippen LogP contribution in [-0.4, -0.2) is 72.8 Å². The van der Waals surface area contributed by atoms with E-state index in [0.717, 1.165) is 61.9 Å². The summed E-state index contributed by atoms with van der Waals surface area (Å²) >= 11 is 0. The van der Waals surface area contributed by atoms with Crippen LogP contribution in [0.4, 0.5) is 17.5 Å². The summed E-state index contributed by atoms with van der Waals surface area (Å²) < 4.78 is 31.2. The molecule has 1 aromatic carbocycles. The number of rotatable bonds is 6. The molecule has 10 heteroatoms. The fourth-order valence-corrected chi connectivity index (χ4v) is 7.27. The SMILES string of the molecule is Cc1cc(Nc2nccc(-c3ccc(N4CCOCC4)nc3)n2)ccc1C1CC2CC1CN2S(C)(=O)=O. The third-order valence-corrected chi connectivity index (χ3v) is 9.18. The zero-order valence-corrected chi connectivity index (χ0v) is 22.0. The zero-order valence-electron chi connectivity index (χ0n) is 21.2. The van der Waals surface area contributed by atoms with Gasteiger partial charge in [-0.3, -0.25) is 0 Å². The quantitative estimate of drug-likeness (QED) is 0.527. The number of sulfonamides is 1. The van der Waals surface area contributed by atoms with Gasteiger partial charge in [0.1, 0.15) is 5.82 Å². The van der Waals surface area contributed by atoms with E-state index in [2.05, 4.69) is 45.3 Å². The molecule has 2 aliphatic heterocycles. The highest BCUT2D eigenvalue weighted by molar-refractivity contribution is 7.88. The lowest BCUT2D eigenvalue weighted by atomic mass is 9.85. The van der Waals surface area contributed by atoms with Crippen molar-refractivity contribution in [3.8, 4) is 11.3 Å². The number of hydrogen-bond acceptors (Lipinski definition) is 8. The molecule has 4 heterocycles. The highest BCUT2D eigenvalue weighted by atomic mass is 32.2. The molecule has 3 aliphatic rings. The second-order valence-electron chi connectivity index (χ2n) is 10.3. The molecule has 37 heavy (non-hydrogen) atoms. The molecule has 2 aromatic heterocycles. The summed E-state index contributed by atoms with van der Waals surface area (Å²) in [6.07, 6.45) is 6.79. The average molecular weight is 521 g/mol. The number of hydrogen-bond donors (Lipinski definition) is 1. The summed E-state index contributed by atoms with van der Waals surface area (Å²) in [5, 5.41) is 3.34. The molecule has 9 nitrogen and oxygen atoms in total. The van der Waals surface area contributed by atoms with Gasteiger partial charge in [0.25, 0.3) is 0 Å². The molecule has 1 N–H and O–H groups in total. The molecule has 6 rings (SSSR count). The van der Waals surface area contributed by atoms with Crippen LogP contribution < -0.4 is 10.2 Å². The Bertz CT molecular complexity index is 1390. The molecule has 194 valence electrons. The number of morpholine rings is 1. The lowest BCUT2D eigenvalue weighted by Crippen LogP contribution is -2.38. The number of ether oxygens (including phenoxy) is 1. The first-order valence-corrected chi connectivity index (χ1v) is 14.7. The molecule has 1 aliphatic carbocycles. The fraction of sp³-hybridized carbons (Fsp3) is 0.444. The van der Waals surface area contributed by atoms with Crippen LogP contribution in [-0.2, 0) is 14.8 Å². The number of fused-ring (bicyclic) bond motifs is 2. The second kappa shape index (κ2) is 9.66. The monoisotopic (exact) mass is 520 g/mol. The first kappa shape index (κ1) is 24.3. The standard InChI is InChI=1S/C27H32N6O3S/c1-18-13-21(4-5-23(18)24-15-22-14-20(24)17-33(22)37(2,34)35)30-27-28-8-7-25(31-27)19-3-6-26(29-16-19)32-9-11-36-12-10-32/h3-8,13,16,20,22,24H,9-12,14-15,17H2,1-2H3,(H,28,30,31). The molecule has 3 fully saturated rings. The Morgan fingerprint density at radius 3 is 2.57 bits per heavy atom. The van der Waals surface area contributed by atoms with Crippen molar-refractivity contribution in [2.24, 2.45) is 5.92 Å². The van der Waals surface area contributed by atoms with Gasteiger partial charge < -0.3 is 15.0 Å². The molecule has 3 atom stereocenters. The maximum atomic E-state index is 12.0. The third-order valence-electron chi connectivity index (χ3n) is 7.88. The summed E-state index contributed by atoms with van der Waals surface area (Å²) in [5.41, 5.74) is 5.19. The number of aromatic nitrogens is 3. The fourth-order valence-electron chi connectivity index (χ4n) is 6.10. The molecule has 2 bridgehead atoms. The minimum atomic E-state index is -3.12. The lowest BCUT2D eigenvalue weighted by Gasteiger charge is -2.30. The third kappa shape index (κ3) is 4.93. The van der Waals surface area contributed by atoms with E-state index in [1.807, 2.05) is 24.4 Å². The number of benzene rings is 1. The minimum Gasteiger partial charge on any atom is -0.378 e. The van der Waals surface area contributed by atoms with Gasteiger partial charge in [0.2, 0.25) is 16.0 Å². The van der Waals surface area contributed by atoms with Crippen LogP contribution in [0.15, 0.2) is 48.8 Å². The Morgan fingerprint density at radius 2 is 1.89 bits per heavy atom. The molecule has 1 saturated carbocycles. The van der Waals surface area contributed by atoms with Crippen LogP contribution in [0, 0.1) is 12.8 Å². The van der Waals surface area contributed by atoms with Gasteiger partial charge in [-0.25, -0.2) is 23.4 Å². The summed E-state index contributed by atoms with van der Waals surface area (Å²) in [5.74, 6) is 2.28. The number of pyridine rings is 1. The van der Waals surface area contributed by atoms with Gasteiger partial charge in [0.05, 0.1) is 25.2 Å². The van der Waals surface area contributed by atoms with Gasteiger partial charge >= 0.3 is 0 Å². The van der Waals surface area contributed by atoms with Gasteiger partial charge in [-0.1, -0.05) is 6.07 Å². The van der Waals surface area contributed by atoms with E-state index in [1.54, 1.807) is 10.5 Å². The van der Waals surface area contributed by atoms with Crippen molar-refractivity contribution in [2.45, 2.75) is 31.7 Å². The smallest absolute Gasteiger partial charge is 0.227 e. The molecule has 0 radical (unpaired) electrons. The van der Waals surface area contributed by atoms with Crippen molar-refractivity contribution in [3.05, 3.63) is 59.9 Å². The van der Waals surface area contributed by atoms with Gasteiger partial charge in [0, 0.05) is 49.3 Å². The molecular formula is C27H32N6O3S. The predicted molar refractivity (Wildman–Crippen MR) is 144 cm³/mol. The molecule has 0 spiro atoms. The van der Waals surface area contributed by atoms with Crippen molar-refractivity contribution in [2.75, 3.05) is 49.3 Å². The molecule has 3 aromatic rings. The van der Waals surface area contributed by atoms with Crippen LogP contribution in [0.5, 0.6) is 0 Å². The summed E-state index contributed by atoms with van der Waals surface area (Å²) in [7, 11) is -3.12. The zero-order chi connectivity index (χ0) is 25.6. The average Bonchev–Trinajstić information content (AvgIpc) is 3.51. The van der Waals surface area contributed by atoms with Crippen molar-refractivity contribution >= 4 is 27.5 Å². The van der Waals surface area contributed by atoms with E-state index in [-0.39, 0.29) is 6.04 Å². The van der Waals surface area contributed by atoms with Crippen molar-refractivity contribution < 1.29 is 13.2 Å². The Kier molecular flexibility index (Phi) is 6.34. The van der Waals surface area contributed by atoms with E-state index in [9.17, 15) is 8.42 Å². The maximum Gasteiger partial charge on any atom is 0.227 e. The summed E-state index contributed by atoms with van der Waals surface area (Å²) in [6, 6.07) is 12.5. The van der Waals surface area contributed by atoms with E-state index >= 15 is 0 Å². The molecule has 3 unspecified atom stereocenters. The Morgan fingerprint density at radius 1 is 1.05 bits per heavy atom. The van der Waals surface area contributed by atoms with Crippen molar-refractivity contribution in [3.63, 3.8) is 0 Å². The minimum absolute atomic E-state index is 0.135. The van der Waals surface area contributed by atoms with Crippen molar-refractivity contribution in [1.29, 1.82) is 0 Å². The van der Waals surface area contributed by atoms with Gasteiger partial charge in [0.15, 0.2) is 0 Å². The summed E-state index contributed by atoms with van der Waals surface area (Å²) in [6.45, 7) is 5.93. The van der Waals surface area contributed by atoms with E-state index in [0.29, 0.717) is 24.3 Å². The van der Waals surface area contributed by atoms with Gasteiger partial charge in [-0.05, 0) is 73.1 Å². The van der Waals surface area contributed by atoms with Crippen LogP contribution in [0.3, 0.4) is 0 Å². The second-order valence-corrected chi connectivity index (χ2v) is 12.2. The predicted octanol–water partition coefficient (Wildman–Crippen LogP) is 3.56. The van der Waals surface area contributed by atoms with Gasteiger partial charge in [-0.15, -0.1) is 0 Å². The normalized spacial score (nSPS) is 23.9. The largest absolute Gasteiger partial charge is 0.378 e. The van der Waals surface area contributed by atoms with E-state index in [4.69, 9.17) is 9.72 Å². The van der Waals surface area contributed by atoms with E-state index < -0.39 is 10.0 Å². The van der Waals surface area contributed by atoms with Crippen LogP contribution in [0.1, 0.15) is 29.9 Å². The van der Waals surface area contributed by atoms with Crippen LogP contribution in [0.2, 0.25) is 0 Å². The first-order chi connectivity index (χ1) is 17.8. The Hall–Kier alpha value is -3.08. The number of nitrogens with zero attached hydrogens (tertiary/aromatic N) is 5. The van der Waals surface area contributed by atoms with E-state index in [1.165, 1.54) is 17.4 Å². The Labute approximate surface area is 218 Å². The molecular weight excluding hydrogens is 488 g/mol.